The second kappa shape index (κ2) is 8.08. The molecule has 4 nitrogen and oxygen atoms in total. The Hall–Kier alpha value is -1.49. The SMILES string of the molecule is O=C(O)CCC1CCCN(C(=O)CSc2ccccc2)C1. The van der Waals surface area contributed by atoms with Gasteiger partial charge >= 0.3 is 5.97 Å². The molecule has 0 bridgehead atoms. The van der Waals surface area contributed by atoms with Crippen molar-refractivity contribution < 1.29 is 14.7 Å². The van der Waals surface area contributed by atoms with Crippen LogP contribution in [0.4, 0.5) is 0 Å². The number of hydrogen-bond donors (Lipinski definition) is 1. The molecule has 1 aromatic rings. The van der Waals surface area contributed by atoms with Crippen LogP contribution in [0.5, 0.6) is 0 Å². The zero-order valence-electron chi connectivity index (χ0n) is 12.0. The van der Waals surface area contributed by atoms with Gasteiger partial charge in [-0.3, -0.25) is 9.59 Å². The molecule has 1 fully saturated rings. The van der Waals surface area contributed by atoms with E-state index in [1.165, 1.54) is 0 Å². The van der Waals surface area contributed by atoms with Gasteiger partial charge in [0, 0.05) is 24.4 Å². The highest BCUT2D eigenvalue weighted by Gasteiger charge is 2.23. The van der Waals surface area contributed by atoms with Crippen LogP contribution in [0.2, 0.25) is 0 Å². The minimum atomic E-state index is -0.752. The molecule has 21 heavy (non-hydrogen) atoms. The van der Waals surface area contributed by atoms with Crippen molar-refractivity contribution in [2.45, 2.75) is 30.6 Å². The molecule has 0 spiro atoms. The van der Waals surface area contributed by atoms with Crippen LogP contribution >= 0.6 is 11.8 Å². The fourth-order valence-electron chi connectivity index (χ4n) is 2.61. The number of amides is 1. The molecule has 1 aromatic carbocycles. The van der Waals surface area contributed by atoms with Gasteiger partial charge in [-0.05, 0) is 37.3 Å². The number of carbonyl (C=O) groups is 2. The summed E-state index contributed by atoms with van der Waals surface area (Å²) < 4.78 is 0. The number of nitrogens with zero attached hydrogens (tertiary/aromatic N) is 1. The first-order valence-electron chi connectivity index (χ1n) is 7.32. The lowest BCUT2D eigenvalue weighted by Crippen LogP contribution is -2.41. The van der Waals surface area contributed by atoms with Crippen LogP contribution in [0.3, 0.4) is 0 Å². The Bertz CT molecular complexity index is 478. The topological polar surface area (TPSA) is 57.6 Å². The predicted octanol–water partition coefficient (Wildman–Crippen LogP) is 2.88. The van der Waals surface area contributed by atoms with E-state index in [1.54, 1.807) is 11.8 Å². The Labute approximate surface area is 129 Å². The Morgan fingerprint density at radius 2 is 2.05 bits per heavy atom. The standard InChI is InChI=1S/C16H21NO3S/c18-15(12-21-14-6-2-1-3-7-14)17-10-4-5-13(11-17)8-9-16(19)20/h1-3,6-7,13H,4-5,8-12H2,(H,19,20). The van der Waals surface area contributed by atoms with Crippen LogP contribution in [-0.2, 0) is 9.59 Å². The third-order valence-corrected chi connectivity index (χ3v) is 4.74. The van der Waals surface area contributed by atoms with Crippen molar-refractivity contribution >= 4 is 23.6 Å². The highest BCUT2D eigenvalue weighted by Crippen LogP contribution is 2.23. The van der Waals surface area contributed by atoms with E-state index in [4.69, 9.17) is 5.11 Å². The number of piperidine rings is 1. The number of rotatable bonds is 6. The molecule has 0 radical (unpaired) electrons. The van der Waals surface area contributed by atoms with Gasteiger partial charge < -0.3 is 10.0 Å². The first-order valence-corrected chi connectivity index (χ1v) is 8.31. The summed E-state index contributed by atoms with van der Waals surface area (Å²) in [7, 11) is 0. The zero-order valence-corrected chi connectivity index (χ0v) is 12.8. The van der Waals surface area contributed by atoms with Crippen molar-refractivity contribution in [1.82, 2.24) is 4.90 Å². The molecule has 0 saturated carbocycles. The Morgan fingerprint density at radius 1 is 1.29 bits per heavy atom. The summed E-state index contributed by atoms with van der Waals surface area (Å²) in [6.07, 6.45) is 2.88. The zero-order chi connectivity index (χ0) is 15.1. The Kier molecular flexibility index (Phi) is 6.11. The van der Waals surface area contributed by atoms with Crippen molar-refractivity contribution in [2.75, 3.05) is 18.8 Å². The van der Waals surface area contributed by atoms with Crippen LogP contribution in [0.15, 0.2) is 35.2 Å². The van der Waals surface area contributed by atoms with Gasteiger partial charge in [-0.15, -0.1) is 11.8 Å². The smallest absolute Gasteiger partial charge is 0.303 e. The van der Waals surface area contributed by atoms with Crippen LogP contribution < -0.4 is 0 Å². The largest absolute Gasteiger partial charge is 0.481 e. The number of hydrogen-bond acceptors (Lipinski definition) is 3. The highest BCUT2D eigenvalue weighted by molar-refractivity contribution is 8.00. The molecule has 1 unspecified atom stereocenters. The molecule has 2 rings (SSSR count). The minimum Gasteiger partial charge on any atom is -0.481 e. The van der Waals surface area contributed by atoms with Gasteiger partial charge in [0.25, 0.3) is 0 Å². The average molecular weight is 307 g/mol. The number of carbonyl (C=O) groups excluding carboxylic acids is 1. The van der Waals surface area contributed by atoms with E-state index in [0.717, 1.165) is 24.3 Å². The summed E-state index contributed by atoms with van der Waals surface area (Å²) in [6.45, 7) is 1.51. The molecular formula is C16H21NO3S. The lowest BCUT2D eigenvalue weighted by Gasteiger charge is -2.32. The maximum Gasteiger partial charge on any atom is 0.303 e. The van der Waals surface area contributed by atoms with E-state index in [9.17, 15) is 9.59 Å². The van der Waals surface area contributed by atoms with Gasteiger partial charge in [-0.1, -0.05) is 18.2 Å². The first kappa shape index (κ1) is 15.9. The molecule has 1 aliphatic rings. The molecule has 1 atom stereocenters. The Balaban J connectivity index is 1.77. The normalized spacial score (nSPS) is 18.5. The quantitative estimate of drug-likeness (QED) is 0.821. The molecule has 1 heterocycles. The number of likely N-dealkylation sites (tertiary alicyclic amines) is 1. The summed E-state index contributed by atoms with van der Waals surface area (Å²) >= 11 is 1.56. The van der Waals surface area contributed by atoms with E-state index < -0.39 is 5.97 Å². The lowest BCUT2D eigenvalue weighted by atomic mass is 9.93. The van der Waals surface area contributed by atoms with Gasteiger partial charge in [0.05, 0.1) is 5.75 Å². The van der Waals surface area contributed by atoms with Crippen molar-refractivity contribution in [1.29, 1.82) is 0 Å². The molecule has 1 saturated heterocycles. The minimum absolute atomic E-state index is 0.156. The number of benzene rings is 1. The van der Waals surface area contributed by atoms with E-state index in [1.807, 2.05) is 35.2 Å². The van der Waals surface area contributed by atoms with Crippen LogP contribution in [-0.4, -0.2) is 40.7 Å². The molecule has 114 valence electrons. The fourth-order valence-corrected chi connectivity index (χ4v) is 3.43. The van der Waals surface area contributed by atoms with Crippen molar-refractivity contribution in [3.05, 3.63) is 30.3 Å². The predicted molar refractivity (Wildman–Crippen MR) is 83.3 cm³/mol. The maximum absolute atomic E-state index is 12.2. The van der Waals surface area contributed by atoms with E-state index in [0.29, 0.717) is 24.6 Å². The van der Waals surface area contributed by atoms with Crippen molar-refractivity contribution in [2.24, 2.45) is 5.92 Å². The number of carboxylic acids is 1. The summed E-state index contributed by atoms with van der Waals surface area (Å²) in [5.74, 6) is 0.192. The monoisotopic (exact) mass is 307 g/mol. The van der Waals surface area contributed by atoms with Gasteiger partial charge in [-0.2, -0.15) is 0 Å². The average Bonchev–Trinajstić information content (AvgIpc) is 2.52. The van der Waals surface area contributed by atoms with Gasteiger partial charge in [0.15, 0.2) is 0 Å². The molecule has 0 aromatic heterocycles. The van der Waals surface area contributed by atoms with Crippen molar-refractivity contribution in [3.8, 4) is 0 Å². The number of carboxylic acid groups (broad SMARTS) is 1. The van der Waals surface area contributed by atoms with Crippen LogP contribution in [0.1, 0.15) is 25.7 Å². The molecule has 1 N–H and O–H groups in total. The second-order valence-corrected chi connectivity index (χ2v) is 6.43. The highest BCUT2D eigenvalue weighted by atomic mass is 32.2. The first-order chi connectivity index (χ1) is 10.1. The van der Waals surface area contributed by atoms with Crippen molar-refractivity contribution in [3.63, 3.8) is 0 Å². The molecule has 1 amide bonds. The maximum atomic E-state index is 12.2. The van der Waals surface area contributed by atoms with Gasteiger partial charge in [-0.25, -0.2) is 0 Å². The Morgan fingerprint density at radius 3 is 2.76 bits per heavy atom. The summed E-state index contributed by atoms with van der Waals surface area (Å²) in [6, 6.07) is 9.91. The number of thioether (sulfide) groups is 1. The second-order valence-electron chi connectivity index (χ2n) is 5.38. The summed E-state index contributed by atoms with van der Waals surface area (Å²) in [4.78, 5) is 25.9. The van der Waals surface area contributed by atoms with E-state index >= 15 is 0 Å². The third-order valence-electron chi connectivity index (χ3n) is 3.74. The third kappa shape index (κ3) is 5.42. The molecular weight excluding hydrogens is 286 g/mol. The van der Waals surface area contributed by atoms with Gasteiger partial charge in [0.1, 0.15) is 0 Å². The molecule has 5 heteroatoms. The number of aliphatic carboxylic acids is 1. The summed E-state index contributed by atoms with van der Waals surface area (Å²) in [5.41, 5.74) is 0. The van der Waals surface area contributed by atoms with Crippen LogP contribution in [0, 0.1) is 5.92 Å². The van der Waals surface area contributed by atoms with E-state index in [2.05, 4.69) is 0 Å². The van der Waals surface area contributed by atoms with Crippen LogP contribution in [0.25, 0.3) is 0 Å². The fraction of sp³-hybridized carbons (Fsp3) is 0.500. The molecule has 0 aliphatic carbocycles. The summed E-state index contributed by atoms with van der Waals surface area (Å²) in [5, 5.41) is 8.75. The van der Waals surface area contributed by atoms with Gasteiger partial charge in [0.2, 0.25) is 5.91 Å². The van der Waals surface area contributed by atoms with E-state index in [-0.39, 0.29) is 12.3 Å². The molecule has 1 aliphatic heterocycles. The lowest BCUT2D eigenvalue weighted by molar-refractivity contribution is -0.137.